The molecule has 1 aromatic rings. The van der Waals surface area contributed by atoms with Gasteiger partial charge in [-0.25, -0.2) is 0 Å². The zero-order chi connectivity index (χ0) is 15.0. The van der Waals surface area contributed by atoms with E-state index in [-0.39, 0.29) is 6.42 Å². The molecule has 0 atom stereocenters. The minimum atomic E-state index is -0.616. The Morgan fingerprint density at radius 1 is 1.20 bits per heavy atom. The molecule has 6 heteroatoms. The van der Waals surface area contributed by atoms with Crippen LogP contribution in [0.3, 0.4) is 0 Å². The van der Waals surface area contributed by atoms with E-state index in [2.05, 4.69) is 11.1 Å². The fourth-order valence-electron chi connectivity index (χ4n) is 1.95. The van der Waals surface area contributed by atoms with Crippen molar-refractivity contribution in [3.63, 3.8) is 0 Å². The number of hydrogen-bond acceptors (Lipinski definition) is 5. The molecule has 102 valence electrons. The van der Waals surface area contributed by atoms with Crippen LogP contribution >= 0.6 is 0 Å². The molecule has 1 aromatic heterocycles. The van der Waals surface area contributed by atoms with E-state index in [1.165, 1.54) is 6.20 Å². The summed E-state index contributed by atoms with van der Waals surface area (Å²) < 4.78 is 11.9. The average Bonchev–Trinajstić information content (AvgIpc) is 2.59. The van der Waals surface area contributed by atoms with Crippen LogP contribution in [0.5, 0.6) is 0 Å². The standard InChI is InChI=1S/C14H16BN3O2/c1-13(2)14(3,4)20-15(19-13)12-7-11(5-6-16)18-9-10(12)8-17/h7,9H,5H2,1-4H3. The first-order valence-electron chi connectivity index (χ1n) is 6.42. The first-order chi connectivity index (χ1) is 9.30. The summed E-state index contributed by atoms with van der Waals surface area (Å²) in [5.41, 5.74) is 0.708. The van der Waals surface area contributed by atoms with Crippen molar-refractivity contribution in [3.05, 3.63) is 23.5 Å². The number of aromatic nitrogens is 1. The van der Waals surface area contributed by atoms with E-state index < -0.39 is 18.3 Å². The van der Waals surface area contributed by atoms with Crippen molar-refractivity contribution in [1.29, 1.82) is 10.5 Å². The van der Waals surface area contributed by atoms with Gasteiger partial charge in [-0.15, -0.1) is 0 Å². The van der Waals surface area contributed by atoms with E-state index in [0.29, 0.717) is 16.7 Å². The van der Waals surface area contributed by atoms with Gasteiger partial charge in [0.05, 0.1) is 34.9 Å². The first-order valence-corrected chi connectivity index (χ1v) is 6.42. The Balaban J connectivity index is 2.41. The molecule has 1 aliphatic rings. The Hall–Kier alpha value is -1.89. The molecule has 1 fully saturated rings. The molecular weight excluding hydrogens is 253 g/mol. The van der Waals surface area contributed by atoms with Gasteiger partial charge in [0.1, 0.15) is 6.07 Å². The molecule has 0 saturated carbocycles. The molecule has 0 amide bonds. The number of hydrogen-bond donors (Lipinski definition) is 0. The van der Waals surface area contributed by atoms with Crippen LogP contribution in [0.2, 0.25) is 0 Å². The van der Waals surface area contributed by atoms with Crippen LogP contribution < -0.4 is 5.46 Å². The second kappa shape index (κ2) is 4.90. The number of nitriles is 2. The lowest BCUT2D eigenvalue weighted by atomic mass is 9.76. The average molecular weight is 269 g/mol. The van der Waals surface area contributed by atoms with Crippen LogP contribution in [0.4, 0.5) is 0 Å². The largest absolute Gasteiger partial charge is 0.496 e. The summed E-state index contributed by atoms with van der Waals surface area (Å²) in [6.45, 7) is 7.82. The van der Waals surface area contributed by atoms with Gasteiger partial charge in [-0.3, -0.25) is 4.98 Å². The van der Waals surface area contributed by atoms with Crippen LogP contribution in [-0.2, 0) is 15.7 Å². The lowest BCUT2D eigenvalue weighted by molar-refractivity contribution is 0.00578. The molecule has 20 heavy (non-hydrogen) atoms. The fourth-order valence-corrected chi connectivity index (χ4v) is 1.95. The summed E-state index contributed by atoms with van der Waals surface area (Å²) in [5, 5.41) is 17.9. The third kappa shape index (κ3) is 2.41. The molecule has 0 spiro atoms. The predicted octanol–water partition coefficient (Wildman–Crippen LogP) is 1.32. The number of pyridine rings is 1. The van der Waals surface area contributed by atoms with Gasteiger partial charge in [-0.1, -0.05) is 0 Å². The van der Waals surface area contributed by atoms with Gasteiger partial charge in [-0.05, 0) is 33.8 Å². The van der Waals surface area contributed by atoms with Crippen molar-refractivity contribution in [2.75, 3.05) is 0 Å². The van der Waals surface area contributed by atoms with E-state index in [0.717, 1.165) is 0 Å². The molecule has 0 radical (unpaired) electrons. The minimum Gasteiger partial charge on any atom is -0.399 e. The van der Waals surface area contributed by atoms with Gasteiger partial charge in [0.25, 0.3) is 0 Å². The number of nitrogens with zero attached hydrogens (tertiary/aromatic N) is 3. The summed E-state index contributed by atoms with van der Waals surface area (Å²) >= 11 is 0. The lowest BCUT2D eigenvalue weighted by Gasteiger charge is -2.32. The molecular formula is C14H16BN3O2. The topological polar surface area (TPSA) is 78.9 Å². The minimum absolute atomic E-state index is 0.193. The summed E-state index contributed by atoms with van der Waals surface area (Å²) in [5.74, 6) is 0. The highest BCUT2D eigenvalue weighted by atomic mass is 16.7. The molecule has 2 heterocycles. The molecule has 0 unspecified atom stereocenters. The van der Waals surface area contributed by atoms with Crippen LogP contribution in [-0.4, -0.2) is 23.3 Å². The van der Waals surface area contributed by atoms with E-state index in [4.69, 9.17) is 14.6 Å². The zero-order valence-corrected chi connectivity index (χ0v) is 12.1. The van der Waals surface area contributed by atoms with Crippen LogP contribution in [0.25, 0.3) is 0 Å². The van der Waals surface area contributed by atoms with E-state index in [1.54, 1.807) is 6.07 Å². The highest BCUT2D eigenvalue weighted by Gasteiger charge is 2.52. The summed E-state index contributed by atoms with van der Waals surface area (Å²) in [4.78, 5) is 4.09. The molecule has 5 nitrogen and oxygen atoms in total. The van der Waals surface area contributed by atoms with E-state index >= 15 is 0 Å². The quantitative estimate of drug-likeness (QED) is 0.756. The van der Waals surface area contributed by atoms with Crippen LogP contribution in [0.1, 0.15) is 39.0 Å². The van der Waals surface area contributed by atoms with Gasteiger partial charge in [0, 0.05) is 11.7 Å². The Kier molecular flexibility index (Phi) is 3.56. The van der Waals surface area contributed by atoms with Crippen molar-refractivity contribution in [2.45, 2.75) is 45.3 Å². The third-order valence-corrected chi connectivity index (χ3v) is 3.88. The monoisotopic (exact) mass is 269 g/mol. The van der Waals surface area contributed by atoms with Gasteiger partial charge in [-0.2, -0.15) is 10.5 Å². The highest BCUT2D eigenvalue weighted by Crippen LogP contribution is 2.36. The Bertz CT molecular complexity index is 598. The maximum absolute atomic E-state index is 9.19. The van der Waals surface area contributed by atoms with Crippen molar-refractivity contribution in [3.8, 4) is 12.1 Å². The van der Waals surface area contributed by atoms with Gasteiger partial charge in [0.2, 0.25) is 0 Å². The Morgan fingerprint density at radius 2 is 1.80 bits per heavy atom. The van der Waals surface area contributed by atoms with Crippen molar-refractivity contribution in [2.24, 2.45) is 0 Å². The second-order valence-corrected chi connectivity index (χ2v) is 5.80. The normalized spacial score (nSPS) is 19.4. The predicted molar refractivity (Wildman–Crippen MR) is 74.0 cm³/mol. The second-order valence-electron chi connectivity index (χ2n) is 5.80. The van der Waals surface area contributed by atoms with Gasteiger partial charge >= 0.3 is 7.12 Å². The molecule has 1 aliphatic heterocycles. The van der Waals surface area contributed by atoms with Gasteiger partial charge in [0.15, 0.2) is 0 Å². The SMILES string of the molecule is CC1(C)OB(c2cc(CC#N)ncc2C#N)OC1(C)C. The van der Waals surface area contributed by atoms with Crippen molar-refractivity contribution < 1.29 is 9.31 Å². The lowest BCUT2D eigenvalue weighted by Crippen LogP contribution is -2.41. The number of rotatable bonds is 2. The molecule has 0 aromatic carbocycles. The van der Waals surface area contributed by atoms with Crippen LogP contribution in [0, 0.1) is 22.7 Å². The van der Waals surface area contributed by atoms with E-state index in [1.807, 2.05) is 33.8 Å². The maximum atomic E-state index is 9.19. The Labute approximate surface area is 119 Å². The first kappa shape index (κ1) is 14.5. The molecule has 0 aliphatic carbocycles. The summed E-state index contributed by atoms with van der Waals surface area (Å²) in [6, 6.07) is 5.85. The summed E-state index contributed by atoms with van der Waals surface area (Å²) in [7, 11) is -0.616. The van der Waals surface area contributed by atoms with Gasteiger partial charge < -0.3 is 9.31 Å². The fraction of sp³-hybridized carbons (Fsp3) is 0.500. The maximum Gasteiger partial charge on any atom is 0.496 e. The van der Waals surface area contributed by atoms with Crippen molar-refractivity contribution >= 4 is 12.6 Å². The zero-order valence-electron chi connectivity index (χ0n) is 12.1. The molecule has 1 saturated heterocycles. The van der Waals surface area contributed by atoms with E-state index in [9.17, 15) is 5.26 Å². The Morgan fingerprint density at radius 3 is 2.30 bits per heavy atom. The van der Waals surface area contributed by atoms with Crippen molar-refractivity contribution in [1.82, 2.24) is 4.98 Å². The molecule has 0 N–H and O–H groups in total. The molecule has 0 bridgehead atoms. The third-order valence-electron chi connectivity index (χ3n) is 3.88. The van der Waals surface area contributed by atoms with Crippen LogP contribution in [0.15, 0.2) is 12.3 Å². The summed E-state index contributed by atoms with van der Waals surface area (Å²) in [6.07, 6.45) is 1.66. The highest BCUT2D eigenvalue weighted by molar-refractivity contribution is 6.62. The molecule has 2 rings (SSSR count). The smallest absolute Gasteiger partial charge is 0.399 e.